The lowest BCUT2D eigenvalue weighted by Crippen LogP contribution is -2.37. The minimum atomic E-state index is 0.262. The number of nitrogens with one attached hydrogen (secondary N) is 2. The van der Waals surface area contributed by atoms with Gasteiger partial charge in [0.1, 0.15) is 0 Å². The molecule has 2 N–H and O–H groups in total. The Morgan fingerprint density at radius 2 is 1.82 bits per heavy atom. The molecule has 1 fully saturated rings. The molecule has 8 nitrogen and oxygen atoms in total. The number of benzene rings is 2. The first kappa shape index (κ1) is 24.0. The molecule has 0 spiro atoms. The van der Waals surface area contributed by atoms with E-state index in [4.69, 9.17) is 39.5 Å². The molecule has 1 aliphatic rings. The van der Waals surface area contributed by atoms with Crippen LogP contribution in [0.1, 0.15) is 11.1 Å². The summed E-state index contributed by atoms with van der Waals surface area (Å²) in [5, 5.41) is 8.91. The number of nitrogens with zero attached hydrogens (tertiary/aromatic N) is 5. The Bertz CT molecular complexity index is 1190. The molecule has 1 aromatic heterocycles. The number of hydrogen-bond donors (Lipinski definition) is 2. The molecular formula is C21H19BrCl3N7O. The van der Waals surface area contributed by atoms with E-state index < -0.39 is 0 Å². The molecule has 1 saturated heterocycles. The Labute approximate surface area is 214 Å². The summed E-state index contributed by atoms with van der Waals surface area (Å²) >= 11 is 22.1. The van der Waals surface area contributed by atoms with E-state index in [1.54, 1.807) is 24.4 Å². The summed E-state index contributed by atoms with van der Waals surface area (Å²) in [7, 11) is 0. The minimum Gasteiger partial charge on any atom is -0.378 e. The summed E-state index contributed by atoms with van der Waals surface area (Å²) in [6.07, 6.45) is 1.55. The number of morpholine rings is 1. The Kier molecular flexibility index (Phi) is 7.87. The van der Waals surface area contributed by atoms with E-state index in [2.05, 4.69) is 46.7 Å². The zero-order valence-electron chi connectivity index (χ0n) is 17.4. The Morgan fingerprint density at radius 1 is 1.06 bits per heavy atom. The first-order valence-corrected chi connectivity index (χ1v) is 11.9. The number of hydrazone groups is 1. The first-order chi connectivity index (χ1) is 15.9. The maximum atomic E-state index is 6.30. The summed E-state index contributed by atoms with van der Waals surface area (Å²) in [5.74, 6) is 1.10. The molecule has 0 radical (unpaired) electrons. The van der Waals surface area contributed by atoms with E-state index in [0.717, 1.165) is 15.7 Å². The molecule has 1 aliphatic heterocycles. The number of anilines is 4. The average molecular weight is 572 g/mol. The summed E-state index contributed by atoms with van der Waals surface area (Å²) in [6, 6.07) is 9.04. The fourth-order valence-corrected chi connectivity index (χ4v) is 4.09. The van der Waals surface area contributed by atoms with Gasteiger partial charge < -0.3 is 15.0 Å². The van der Waals surface area contributed by atoms with E-state index in [9.17, 15) is 0 Å². The van der Waals surface area contributed by atoms with Crippen molar-refractivity contribution in [2.24, 2.45) is 5.10 Å². The van der Waals surface area contributed by atoms with E-state index >= 15 is 0 Å². The first-order valence-electron chi connectivity index (χ1n) is 9.95. The molecule has 0 amide bonds. The zero-order chi connectivity index (χ0) is 23.4. The van der Waals surface area contributed by atoms with Crippen molar-refractivity contribution in [1.82, 2.24) is 15.0 Å². The molecule has 0 atom stereocenters. The number of aromatic nitrogens is 3. The van der Waals surface area contributed by atoms with Crippen LogP contribution in [0, 0.1) is 6.92 Å². The van der Waals surface area contributed by atoms with Crippen molar-refractivity contribution in [3.8, 4) is 0 Å². The fraction of sp³-hybridized carbons (Fsp3) is 0.238. The lowest BCUT2D eigenvalue weighted by Gasteiger charge is -2.27. The van der Waals surface area contributed by atoms with Crippen molar-refractivity contribution in [3.05, 3.63) is 61.0 Å². The number of ether oxygens (including phenoxy) is 1. The highest BCUT2D eigenvalue weighted by Crippen LogP contribution is 2.31. The molecule has 0 aliphatic carbocycles. The maximum Gasteiger partial charge on any atom is 0.250 e. The highest BCUT2D eigenvalue weighted by molar-refractivity contribution is 9.10. The van der Waals surface area contributed by atoms with E-state index in [0.29, 0.717) is 58.8 Å². The molecule has 12 heteroatoms. The van der Waals surface area contributed by atoms with Gasteiger partial charge in [-0.3, -0.25) is 0 Å². The van der Waals surface area contributed by atoms with Crippen molar-refractivity contribution in [3.63, 3.8) is 0 Å². The van der Waals surface area contributed by atoms with Gasteiger partial charge in [0.05, 0.1) is 35.2 Å². The number of halogens is 4. The molecule has 0 bridgehead atoms. The van der Waals surface area contributed by atoms with Gasteiger partial charge in [0.15, 0.2) is 0 Å². The monoisotopic (exact) mass is 569 g/mol. The standard InChI is InChI=1S/C21H19BrCl3N7O/c1-12-9-14(22)17(10-16(12)24)27-19-28-20(30-21(29-19)32-5-7-33-8-6-32)31-26-11-13-3-2-4-15(23)18(13)25/h2-4,9-11H,5-8H2,1H3,(H2,27,28,29,30,31)/b26-11+. The van der Waals surface area contributed by atoms with Gasteiger partial charge in [-0.1, -0.05) is 46.9 Å². The minimum absolute atomic E-state index is 0.262. The average Bonchev–Trinajstić information content (AvgIpc) is 2.81. The predicted octanol–water partition coefficient (Wildman–Crippen LogP) is 5.93. The lowest BCUT2D eigenvalue weighted by molar-refractivity contribution is 0.122. The summed E-state index contributed by atoms with van der Waals surface area (Å²) in [4.78, 5) is 15.6. The lowest BCUT2D eigenvalue weighted by atomic mass is 10.2. The maximum absolute atomic E-state index is 6.30. The fourth-order valence-electron chi connectivity index (χ4n) is 3.02. The van der Waals surface area contributed by atoms with Crippen LogP contribution in [-0.2, 0) is 4.74 Å². The van der Waals surface area contributed by atoms with Crippen LogP contribution >= 0.6 is 50.7 Å². The Balaban J connectivity index is 1.62. The van der Waals surface area contributed by atoms with Crippen molar-refractivity contribution in [2.75, 3.05) is 41.9 Å². The topological polar surface area (TPSA) is 87.6 Å². The second kappa shape index (κ2) is 10.8. The molecule has 2 heterocycles. The molecular weight excluding hydrogens is 553 g/mol. The third kappa shape index (κ3) is 6.04. The highest BCUT2D eigenvalue weighted by Gasteiger charge is 2.17. The van der Waals surface area contributed by atoms with Gasteiger partial charge in [0.25, 0.3) is 0 Å². The van der Waals surface area contributed by atoms with Gasteiger partial charge in [-0.25, -0.2) is 5.43 Å². The smallest absolute Gasteiger partial charge is 0.250 e. The second-order valence-electron chi connectivity index (χ2n) is 7.10. The van der Waals surface area contributed by atoms with Crippen LogP contribution < -0.4 is 15.6 Å². The van der Waals surface area contributed by atoms with Gasteiger partial charge >= 0.3 is 0 Å². The van der Waals surface area contributed by atoms with Gasteiger partial charge in [-0.05, 0) is 46.6 Å². The Morgan fingerprint density at radius 3 is 2.61 bits per heavy atom. The van der Waals surface area contributed by atoms with E-state index in [-0.39, 0.29) is 5.95 Å². The number of rotatable bonds is 6. The zero-order valence-corrected chi connectivity index (χ0v) is 21.3. The van der Waals surface area contributed by atoms with Crippen LogP contribution in [0.25, 0.3) is 0 Å². The SMILES string of the molecule is Cc1cc(Br)c(Nc2nc(N/N=C/c3cccc(Cl)c3Cl)nc(N3CCOCC3)n2)cc1Cl. The van der Waals surface area contributed by atoms with Crippen LogP contribution in [-0.4, -0.2) is 47.5 Å². The van der Waals surface area contributed by atoms with Gasteiger partial charge in [0.2, 0.25) is 17.8 Å². The van der Waals surface area contributed by atoms with Crippen molar-refractivity contribution < 1.29 is 4.74 Å². The van der Waals surface area contributed by atoms with Gasteiger partial charge in [-0.2, -0.15) is 20.1 Å². The Hall–Kier alpha value is -2.17. The number of aryl methyl sites for hydroxylation is 1. The molecule has 3 aromatic rings. The molecule has 4 rings (SSSR count). The summed E-state index contributed by atoms with van der Waals surface area (Å²) in [6.45, 7) is 4.47. The molecule has 2 aromatic carbocycles. The predicted molar refractivity (Wildman–Crippen MR) is 138 cm³/mol. The van der Waals surface area contributed by atoms with Crippen molar-refractivity contribution in [1.29, 1.82) is 0 Å². The molecule has 0 unspecified atom stereocenters. The van der Waals surface area contributed by atoms with Gasteiger partial charge in [0, 0.05) is 28.1 Å². The number of hydrogen-bond acceptors (Lipinski definition) is 8. The largest absolute Gasteiger partial charge is 0.378 e. The molecule has 0 saturated carbocycles. The van der Waals surface area contributed by atoms with Gasteiger partial charge in [-0.15, -0.1) is 0 Å². The highest BCUT2D eigenvalue weighted by atomic mass is 79.9. The van der Waals surface area contributed by atoms with Crippen LogP contribution in [0.3, 0.4) is 0 Å². The normalized spacial score (nSPS) is 14.0. The third-order valence-electron chi connectivity index (χ3n) is 4.76. The van der Waals surface area contributed by atoms with Crippen molar-refractivity contribution >= 4 is 80.5 Å². The van der Waals surface area contributed by atoms with E-state index in [1.807, 2.05) is 24.0 Å². The summed E-state index contributed by atoms with van der Waals surface area (Å²) < 4.78 is 6.27. The van der Waals surface area contributed by atoms with Crippen LogP contribution in [0.4, 0.5) is 23.5 Å². The molecule has 172 valence electrons. The second-order valence-corrected chi connectivity index (χ2v) is 9.15. The summed E-state index contributed by atoms with van der Waals surface area (Å²) in [5.41, 5.74) is 5.19. The van der Waals surface area contributed by atoms with E-state index in [1.165, 1.54) is 0 Å². The molecule has 33 heavy (non-hydrogen) atoms. The van der Waals surface area contributed by atoms with Crippen LogP contribution in [0.15, 0.2) is 39.9 Å². The van der Waals surface area contributed by atoms with Crippen molar-refractivity contribution in [2.45, 2.75) is 6.92 Å². The van der Waals surface area contributed by atoms with Crippen LogP contribution in [0.5, 0.6) is 0 Å². The quantitative estimate of drug-likeness (QED) is 0.280. The third-order valence-corrected chi connectivity index (χ3v) is 6.66. The van der Waals surface area contributed by atoms with Crippen LogP contribution in [0.2, 0.25) is 15.1 Å².